The Labute approximate surface area is 177 Å². The van der Waals surface area contributed by atoms with Crippen LogP contribution in [0.3, 0.4) is 0 Å². The molecule has 0 saturated heterocycles. The molecule has 30 heavy (non-hydrogen) atoms. The molecule has 0 heterocycles. The Balaban J connectivity index is 4.33. The molecule has 0 aliphatic rings. The minimum atomic E-state index is -1.05. The molecule has 0 aromatic rings. The van der Waals surface area contributed by atoms with E-state index in [0.717, 1.165) is 6.42 Å². The van der Waals surface area contributed by atoms with Crippen molar-refractivity contribution in [1.82, 2.24) is 5.32 Å². The van der Waals surface area contributed by atoms with E-state index in [1.165, 1.54) is 0 Å². The Morgan fingerprint density at radius 1 is 0.933 bits per heavy atom. The van der Waals surface area contributed by atoms with Crippen LogP contribution in [-0.4, -0.2) is 97.4 Å². The molecule has 178 valence electrons. The number of nitrogens with two attached hydrogens (primary N) is 1. The van der Waals surface area contributed by atoms with Crippen molar-refractivity contribution in [3.8, 4) is 0 Å². The Hall–Kier alpha value is -1.50. The summed E-state index contributed by atoms with van der Waals surface area (Å²) < 4.78 is 16.3. The number of amides is 1. The van der Waals surface area contributed by atoms with Gasteiger partial charge in [-0.05, 0) is 25.7 Å². The normalized spacial score (nSPS) is 14.3. The molecule has 0 rings (SSSR count). The van der Waals surface area contributed by atoms with E-state index in [-0.39, 0.29) is 45.6 Å². The monoisotopic (exact) mass is 438 g/mol. The number of hydrogen-bond acceptors (Lipinski definition) is 9. The van der Waals surface area contributed by atoms with Gasteiger partial charge in [-0.2, -0.15) is 0 Å². The summed E-state index contributed by atoms with van der Waals surface area (Å²) in [6.07, 6.45) is 0.796. The molecule has 11 heteroatoms. The van der Waals surface area contributed by atoms with Crippen LogP contribution in [0.2, 0.25) is 0 Å². The summed E-state index contributed by atoms with van der Waals surface area (Å²) >= 11 is 0. The number of carbonyl (C=O) groups excluding carboxylic acids is 1. The second kappa shape index (κ2) is 18.3. The van der Waals surface area contributed by atoms with E-state index in [9.17, 15) is 14.7 Å². The van der Waals surface area contributed by atoms with Gasteiger partial charge in [0.05, 0.1) is 39.6 Å². The number of carboxylic acids is 1. The van der Waals surface area contributed by atoms with E-state index in [1.807, 2.05) is 6.92 Å². The molecule has 0 aliphatic heterocycles. The van der Waals surface area contributed by atoms with Crippen LogP contribution in [0.1, 0.15) is 32.6 Å². The molecule has 3 atom stereocenters. The first-order valence-corrected chi connectivity index (χ1v) is 10.3. The zero-order chi connectivity index (χ0) is 22.8. The number of aliphatic carboxylic acids is 1. The SMILES string of the molecule is CCC(CO)COCC(COCC(CO)CO)OC(=O)NCCCC[C@@H](N)C(=O)O. The predicted molar refractivity (Wildman–Crippen MR) is 108 cm³/mol. The summed E-state index contributed by atoms with van der Waals surface area (Å²) in [5.74, 6) is -1.48. The molecule has 0 aliphatic carbocycles. The maximum absolute atomic E-state index is 12.0. The van der Waals surface area contributed by atoms with Crippen LogP contribution < -0.4 is 11.1 Å². The zero-order valence-corrected chi connectivity index (χ0v) is 17.7. The third-order valence-electron chi connectivity index (χ3n) is 4.47. The van der Waals surface area contributed by atoms with Gasteiger partial charge in [0.15, 0.2) is 6.10 Å². The van der Waals surface area contributed by atoms with Gasteiger partial charge >= 0.3 is 12.1 Å². The lowest BCUT2D eigenvalue weighted by Gasteiger charge is -2.21. The van der Waals surface area contributed by atoms with Gasteiger partial charge in [0.2, 0.25) is 0 Å². The number of hydrogen-bond donors (Lipinski definition) is 6. The lowest BCUT2D eigenvalue weighted by molar-refractivity contribution is -0.138. The summed E-state index contributed by atoms with van der Waals surface area (Å²) in [4.78, 5) is 22.6. The highest BCUT2D eigenvalue weighted by Crippen LogP contribution is 2.05. The average molecular weight is 439 g/mol. The van der Waals surface area contributed by atoms with Gasteiger partial charge in [-0.3, -0.25) is 4.79 Å². The van der Waals surface area contributed by atoms with E-state index >= 15 is 0 Å². The van der Waals surface area contributed by atoms with Crippen molar-refractivity contribution in [3.63, 3.8) is 0 Å². The molecule has 0 saturated carbocycles. The maximum atomic E-state index is 12.0. The highest BCUT2D eigenvalue weighted by Gasteiger charge is 2.18. The number of nitrogens with one attached hydrogen (secondary N) is 1. The Morgan fingerprint density at radius 3 is 2.00 bits per heavy atom. The predicted octanol–water partition coefficient (Wildman–Crippen LogP) is -0.684. The second-order valence-corrected chi connectivity index (χ2v) is 7.16. The molecule has 0 fully saturated rings. The van der Waals surface area contributed by atoms with Crippen LogP contribution in [0.4, 0.5) is 4.79 Å². The molecule has 2 unspecified atom stereocenters. The summed E-state index contributed by atoms with van der Waals surface area (Å²) in [6, 6.07) is -0.914. The molecule has 0 radical (unpaired) electrons. The van der Waals surface area contributed by atoms with Crippen LogP contribution in [0.15, 0.2) is 0 Å². The van der Waals surface area contributed by atoms with E-state index in [4.69, 9.17) is 35.3 Å². The molecule has 0 aromatic heterocycles. The highest BCUT2D eigenvalue weighted by molar-refractivity contribution is 5.72. The van der Waals surface area contributed by atoms with Crippen molar-refractivity contribution in [2.75, 3.05) is 52.8 Å². The van der Waals surface area contributed by atoms with E-state index in [0.29, 0.717) is 32.4 Å². The van der Waals surface area contributed by atoms with Gasteiger partial charge in [-0.1, -0.05) is 6.92 Å². The first-order chi connectivity index (χ1) is 14.4. The molecule has 7 N–H and O–H groups in total. The summed E-state index contributed by atoms with van der Waals surface area (Å²) in [5, 5.41) is 38.7. The number of ether oxygens (including phenoxy) is 3. The van der Waals surface area contributed by atoms with Gasteiger partial charge in [0.1, 0.15) is 6.04 Å². The standard InChI is InChI=1S/C19H38N2O9/c1-2-14(7-22)10-28-12-16(13-29-11-15(8-23)9-24)30-19(27)21-6-4-3-5-17(20)18(25)26/h14-17,22-24H,2-13,20H2,1H3,(H,21,27)(H,25,26)/t14?,16?,17-/m1/s1. The quantitative estimate of drug-likeness (QED) is 0.141. The number of carboxylic acid groups (broad SMARTS) is 1. The van der Waals surface area contributed by atoms with Gasteiger partial charge < -0.3 is 45.7 Å². The summed E-state index contributed by atoms with van der Waals surface area (Å²) in [6.45, 7) is 2.30. The minimum Gasteiger partial charge on any atom is -0.480 e. The zero-order valence-electron chi connectivity index (χ0n) is 17.7. The smallest absolute Gasteiger partial charge is 0.407 e. The number of rotatable bonds is 19. The minimum absolute atomic E-state index is 0.000768. The maximum Gasteiger partial charge on any atom is 0.407 e. The van der Waals surface area contributed by atoms with Gasteiger partial charge in [0.25, 0.3) is 0 Å². The number of aliphatic hydroxyl groups excluding tert-OH is 3. The summed E-state index contributed by atoms with van der Waals surface area (Å²) in [7, 11) is 0. The van der Waals surface area contributed by atoms with Crippen molar-refractivity contribution < 1.29 is 44.2 Å². The number of unbranched alkanes of at least 4 members (excludes halogenated alkanes) is 1. The fourth-order valence-corrected chi connectivity index (χ4v) is 2.31. The number of aliphatic hydroxyl groups is 3. The molecular formula is C19H38N2O9. The van der Waals surface area contributed by atoms with Crippen LogP contribution in [0.5, 0.6) is 0 Å². The van der Waals surface area contributed by atoms with E-state index in [2.05, 4.69) is 5.32 Å². The number of carbonyl (C=O) groups is 2. The van der Waals surface area contributed by atoms with Crippen molar-refractivity contribution in [2.24, 2.45) is 17.6 Å². The lowest BCUT2D eigenvalue weighted by Crippen LogP contribution is -2.36. The topological polar surface area (TPSA) is 181 Å². The molecule has 11 nitrogen and oxygen atoms in total. The van der Waals surface area contributed by atoms with Crippen LogP contribution >= 0.6 is 0 Å². The van der Waals surface area contributed by atoms with Crippen LogP contribution in [0.25, 0.3) is 0 Å². The third kappa shape index (κ3) is 14.5. The highest BCUT2D eigenvalue weighted by atomic mass is 16.6. The molecule has 1 amide bonds. The first kappa shape index (κ1) is 28.5. The first-order valence-electron chi connectivity index (χ1n) is 10.3. The molecular weight excluding hydrogens is 400 g/mol. The van der Waals surface area contributed by atoms with Crippen molar-refractivity contribution >= 4 is 12.1 Å². The van der Waals surface area contributed by atoms with Gasteiger partial charge in [-0.25, -0.2) is 4.79 Å². The van der Waals surface area contributed by atoms with Gasteiger partial charge in [-0.15, -0.1) is 0 Å². The Bertz CT molecular complexity index is 428. The van der Waals surface area contributed by atoms with Crippen molar-refractivity contribution in [1.29, 1.82) is 0 Å². The lowest BCUT2D eigenvalue weighted by atomic mass is 10.1. The molecule has 0 spiro atoms. The molecule has 0 bridgehead atoms. The van der Waals surface area contributed by atoms with E-state index < -0.39 is 30.1 Å². The number of alkyl carbamates (subject to hydrolysis) is 1. The fourth-order valence-electron chi connectivity index (χ4n) is 2.31. The van der Waals surface area contributed by atoms with Crippen LogP contribution in [-0.2, 0) is 19.0 Å². The van der Waals surface area contributed by atoms with Crippen molar-refractivity contribution in [3.05, 3.63) is 0 Å². The van der Waals surface area contributed by atoms with Crippen LogP contribution in [0, 0.1) is 11.8 Å². The Kier molecular flexibility index (Phi) is 17.4. The molecule has 0 aromatic carbocycles. The third-order valence-corrected chi connectivity index (χ3v) is 4.47. The summed E-state index contributed by atoms with van der Waals surface area (Å²) in [5.41, 5.74) is 5.41. The largest absolute Gasteiger partial charge is 0.480 e. The van der Waals surface area contributed by atoms with Gasteiger partial charge in [0, 0.05) is 25.0 Å². The Morgan fingerprint density at radius 2 is 1.50 bits per heavy atom. The second-order valence-electron chi connectivity index (χ2n) is 7.16. The fraction of sp³-hybridized carbons (Fsp3) is 0.895. The van der Waals surface area contributed by atoms with Crippen molar-refractivity contribution in [2.45, 2.75) is 44.8 Å². The average Bonchev–Trinajstić information content (AvgIpc) is 2.73. The van der Waals surface area contributed by atoms with E-state index in [1.54, 1.807) is 0 Å².